The molecule has 1 amide bonds. The van der Waals surface area contributed by atoms with Gasteiger partial charge in [0, 0.05) is 18.8 Å². The van der Waals surface area contributed by atoms with Gasteiger partial charge in [0.1, 0.15) is 17.6 Å². The third-order valence-corrected chi connectivity index (χ3v) is 8.95. The molecule has 1 fully saturated rings. The molecule has 1 spiro atoms. The van der Waals surface area contributed by atoms with E-state index in [1.54, 1.807) is 24.3 Å². The highest BCUT2D eigenvalue weighted by atomic mass is 32.2. The summed E-state index contributed by atoms with van der Waals surface area (Å²) >= 11 is 0. The fourth-order valence-corrected chi connectivity index (χ4v) is 6.30. The normalized spacial score (nSPS) is 26.5. The smallest absolute Gasteiger partial charge is 0.352 e. The van der Waals surface area contributed by atoms with Crippen molar-refractivity contribution in [3.8, 4) is 5.75 Å². The Morgan fingerprint density at radius 1 is 1.15 bits per heavy atom. The van der Waals surface area contributed by atoms with Crippen molar-refractivity contribution < 1.29 is 37.5 Å². The zero-order chi connectivity index (χ0) is 28.2. The summed E-state index contributed by atoms with van der Waals surface area (Å²) in [6.07, 6.45) is 2.56. The molecule has 2 heterocycles. The van der Waals surface area contributed by atoms with Gasteiger partial charge in [0.25, 0.3) is 5.91 Å². The van der Waals surface area contributed by atoms with Crippen molar-refractivity contribution in [3.05, 3.63) is 59.9 Å². The van der Waals surface area contributed by atoms with Crippen LogP contribution in [0.1, 0.15) is 45.1 Å². The number of fused-ring (bicyclic) bond motifs is 11. The summed E-state index contributed by atoms with van der Waals surface area (Å²) in [4.78, 5) is 16.3. The second kappa shape index (κ2) is 12.0. The lowest BCUT2D eigenvalue weighted by Crippen LogP contribution is -2.89. The number of amides is 1. The van der Waals surface area contributed by atoms with E-state index in [-0.39, 0.29) is 35.7 Å². The van der Waals surface area contributed by atoms with Crippen LogP contribution >= 0.6 is 0 Å². The van der Waals surface area contributed by atoms with Crippen LogP contribution in [0.3, 0.4) is 0 Å². The molecule has 11 heteroatoms. The first-order valence-electron chi connectivity index (χ1n) is 13.3. The number of benzene rings is 2. The summed E-state index contributed by atoms with van der Waals surface area (Å²) in [5, 5.41) is 24.1. The van der Waals surface area contributed by atoms with E-state index in [4.69, 9.17) is 4.74 Å². The first kappa shape index (κ1) is 29.0. The number of carbonyl (C=O) groups is 1. The molecule has 212 valence electrons. The van der Waals surface area contributed by atoms with Gasteiger partial charge in [-0.3, -0.25) is 4.79 Å². The predicted molar refractivity (Wildman–Crippen MR) is 143 cm³/mol. The summed E-state index contributed by atoms with van der Waals surface area (Å²) in [7, 11) is -4.16. The van der Waals surface area contributed by atoms with Gasteiger partial charge in [-0.1, -0.05) is 26.0 Å². The first-order valence-corrected chi connectivity index (χ1v) is 14.8. The van der Waals surface area contributed by atoms with Gasteiger partial charge in [0.2, 0.25) is 15.6 Å². The number of rotatable bonds is 5. The van der Waals surface area contributed by atoms with Crippen LogP contribution in [0.4, 0.5) is 4.39 Å². The number of halogens is 1. The molecule has 4 atom stereocenters. The fourth-order valence-electron chi connectivity index (χ4n) is 5.10. The minimum absolute atomic E-state index is 0.0723. The maximum absolute atomic E-state index is 13.5. The molecule has 2 bridgehead atoms. The SMILES string of the molecule is CC(C)[C@@H]1CC12[NH+]=C(O)[C@@H](NS(=O)(=O)c1ccc(F)cc1)Cc1ccc(cc1)OCCCC[C@@H](CO)NC2=O. The Labute approximate surface area is 228 Å². The van der Waals surface area contributed by atoms with Crippen LogP contribution in [0.15, 0.2) is 53.4 Å². The molecule has 0 radical (unpaired) electrons. The number of sulfonamides is 1. The lowest BCUT2D eigenvalue weighted by molar-refractivity contribution is -0.518. The second-order valence-corrected chi connectivity index (χ2v) is 12.4. The summed E-state index contributed by atoms with van der Waals surface area (Å²) in [6.45, 7) is 4.20. The van der Waals surface area contributed by atoms with Gasteiger partial charge < -0.3 is 20.3 Å². The number of nitrogens with one attached hydrogen (secondary N) is 3. The van der Waals surface area contributed by atoms with Crippen molar-refractivity contribution in [2.24, 2.45) is 11.8 Å². The molecule has 2 aromatic carbocycles. The molecule has 1 aliphatic carbocycles. The number of aliphatic hydroxyl groups excluding tert-OH is 2. The zero-order valence-electron chi connectivity index (χ0n) is 22.2. The summed E-state index contributed by atoms with van der Waals surface area (Å²) in [5.74, 6) is -0.669. The zero-order valence-corrected chi connectivity index (χ0v) is 23.0. The number of ether oxygens (including phenoxy) is 1. The predicted octanol–water partition coefficient (Wildman–Crippen LogP) is 1.21. The van der Waals surface area contributed by atoms with Gasteiger partial charge in [0.15, 0.2) is 0 Å². The summed E-state index contributed by atoms with van der Waals surface area (Å²) in [5.41, 5.74) is -0.423. The molecular formula is C28H37FN3O6S+. The van der Waals surface area contributed by atoms with E-state index >= 15 is 0 Å². The molecule has 2 aromatic rings. The van der Waals surface area contributed by atoms with Crippen molar-refractivity contribution in [1.82, 2.24) is 10.0 Å². The Bertz CT molecular complexity index is 1280. The van der Waals surface area contributed by atoms with E-state index in [1.165, 1.54) is 0 Å². The van der Waals surface area contributed by atoms with Crippen LogP contribution in [-0.4, -0.2) is 61.3 Å². The average molecular weight is 563 g/mol. The lowest BCUT2D eigenvalue weighted by Gasteiger charge is -2.20. The number of aliphatic hydroxyl groups is 2. The second-order valence-electron chi connectivity index (χ2n) is 10.7. The van der Waals surface area contributed by atoms with Crippen LogP contribution < -0.4 is 19.8 Å². The Morgan fingerprint density at radius 3 is 2.46 bits per heavy atom. The first-order chi connectivity index (χ1) is 18.5. The van der Waals surface area contributed by atoms with Gasteiger partial charge in [-0.15, -0.1) is 0 Å². The minimum atomic E-state index is -4.16. The van der Waals surface area contributed by atoms with E-state index in [0.717, 1.165) is 42.7 Å². The standard InChI is InChI=1S/C28H36FN3O6S/c1-18(2)24-16-28(24)27(35)30-21(17-33)5-3-4-14-38-22-10-6-19(7-11-22)15-25(26(34)31-28)32-39(36,37)23-12-8-20(29)9-13-23/h6-13,18,21,24-25,32-33H,3-5,14-17H2,1-2H3,(H,30,35)(H,31,34)/p+1/t21-,24-,25-,28?/m0/s1. The maximum Gasteiger partial charge on any atom is 0.352 e. The van der Waals surface area contributed by atoms with Crippen molar-refractivity contribution in [1.29, 1.82) is 0 Å². The van der Waals surface area contributed by atoms with Gasteiger partial charge in [0.05, 0.1) is 24.2 Å². The van der Waals surface area contributed by atoms with E-state index in [9.17, 15) is 27.8 Å². The molecule has 5 rings (SSSR count). The van der Waals surface area contributed by atoms with Crippen molar-refractivity contribution >= 4 is 21.8 Å². The molecule has 39 heavy (non-hydrogen) atoms. The van der Waals surface area contributed by atoms with E-state index in [2.05, 4.69) is 15.0 Å². The fraction of sp³-hybridized carbons (Fsp3) is 0.500. The highest BCUT2D eigenvalue weighted by Crippen LogP contribution is 2.45. The monoisotopic (exact) mass is 562 g/mol. The summed E-state index contributed by atoms with van der Waals surface area (Å²) in [6, 6.07) is 9.92. The Hall–Kier alpha value is -3.02. The van der Waals surface area contributed by atoms with Crippen molar-refractivity contribution in [3.63, 3.8) is 0 Å². The number of carbonyl (C=O) groups excluding carboxylic acids is 1. The molecule has 5 N–H and O–H groups in total. The largest absolute Gasteiger partial charge is 0.494 e. The summed E-state index contributed by atoms with van der Waals surface area (Å²) < 4.78 is 48.1. The van der Waals surface area contributed by atoms with Gasteiger partial charge >= 0.3 is 5.90 Å². The van der Waals surface area contributed by atoms with Crippen LogP contribution in [0.25, 0.3) is 0 Å². The number of hydrogen-bond donors (Lipinski definition) is 5. The van der Waals surface area contributed by atoms with Gasteiger partial charge in [-0.25, -0.2) is 12.8 Å². The highest BCUT2D eigenvalue weighted by molar-refractivity contribution is 7.89. The van der Waals surface area contributed by atoms with E-state index < -0.39 is 39.4 Å². The molecule has 0 aromatic heterocycles. The molecular weight excluding hydrogens is 525 g/mol. The average Bonchev–Trinajstić information content (AvgIpc) is 3.63. The maximum atomic E-state index is 13.5. The van der Waals surface area contributed by atoms with Gasteiger partial charge in [-0.2, -0.15) is 9.71 Å². The minimum Gasteiger partial charge on any atom is -0.494 e. The van der Waals surface area contributed by atoms with E-state index in [1.807, 2.05) is 13.8 Å². The van der Waals surface area contributed by atoms with Crippen LogP contribution in [0.5, 0.6) is 5.75 Å². The van der Waals surface area contributed by atoms with Crippen LogP contribution in [0.2, 0.25) is 0 Å². The quantitative estimate of drug-likeness (QED) is 0.371. The molecule has 1 saturated carbocycles. The molecule has 1 unspecified atom stereocenters. The van der Waals surface area contributed by atoms with E-state index in [0.29, 0.717) is 25.2 Å². The third-order valence-electron chi connectivity index (χ3n) is 7.46. The Kier molecular flexibility index (Phi) is 8.93. The molecule has 9 nitrogen and oxygen atoms in total. The van der Waals surface area contributed by atoms with Crippen LogP contribution in [-0.2, 0) is 21.2 Å². The lowest BCUT2D eigenvalue weighted by atomic mass is 10.0. The molecule has 0 saturated heterocycles. The van der Waals surface area contributed by atoms with Crippen LogP contribution in [0, 0.1) is 17.7 Å². The molecule has 2 aliphatic heterocycles. The topological polar surface area (TPSA) is 139 Å². The number of hydrogen-bond acceptors (Lipinski definition) is 5. The molecule has 3 aliphatic rings. The van der Waals surface area contributed by atoms with Gasteiger partial charge in [-0.05, 0) is 67.1 Å². The Balaban J connectivity index is 1.72. The Morgan fingerprint density at radius 2 is 1.85 bits per heavy atom. The third kappa shape index (κ3) is 6.95. The highest BCUT2D eigenvalue weighted by Gasteiger charge is 2.68. The van der Waals surface area contributed by atoms with Crippen molar-refractivity contribution in [2.75, 3.05) is 13.2 Å². The van der Waals surface area contributed by atoms with Crippen molar-refractivity contribution in [2.45, 2.75) is 68.5 Å².